The van der Waals surface area contributed by atoms with E-state index >= 15 is 0 Å². The van der Waals surface area contributed by atoms with Crippen LogP contribution in [0.15, 0.2) is 48.6 Å². The number of hydrogen-bond acceptors (Lipinski definition) is 3. The lowest BCUT2D eigenvalue weighted by Gasteiger charge is -2.11. The van der Waals surface area contributed by atoms with Gasteiger partial charge in [-0.25, -0.2) is 0 Å². The number of benzene rings is 2. The zero-order valence-corrected chi connectivity index (χ0v) is 13.2. The molecule has 0 heterocycles. The van der Waals surface area contributed by atoms with Crippen molar-refractivity contribution in [2.24, 2.45) is 0 Å². The highest BCUT2D eigenvalue weighted by Crippen LogP contribution is 2.30. The molecule has 3 nitrogen and oxygen atoms in total. The zero-order valence-electron chi connectivity index (χ0n) is 13.2. The second-order valence-corrected chi connectivity index (χ2v) is 4.90. The predicted molar refractivity (Wildman–Crippen MR) is 92.5 cm³/mol. The Kier molecular flexibility index (Phi) is 4.89. The van der Waals surface area contributed by atoms with Gasteiger partial charge in [0.25, 0.3) is 0 Å². The molecule has 3 heteroatoms. The predicted octanol–water partition coefficient (Wildman–Crippen LogP) is 2.47. The van der Waals surface area contributed by atoms with Crippen LogP contribution in [0, 0.1) is 0 Å². The van der Waals surface area contributed by atoms with Crippen molar-refractivity contribution in [1.82, 2.24) is 0 Å². The molecule has 0 amide bonds. The first-order valence-corrected chi connectivity index (χ1v) is 7.04. The average molecular weight is 295 g/mol. The molecule has 2 aromatic carbocycles. The first-order chi connectivity index (χ1) is 10.6. The highest BCUT2D eigenvalue weighted by molar-refractivity contribution is 5.75. The van der Waals surface area contributed by atoms with Crippen molar-refractivity contribution in [3.8, 4) is 11.5 Å². The number of rotatable bonds is 4. The largest absolute Gasteiger partial charge is 0.493 e. The van der Waals surface area contributed by atoms with Crippen molar-refractivity contribution in [2.45, 2.75) is 6.92 Å². The third-order valence-electron chi connectivity index (χ3n) is 3.45. The molecule has 0 aliphatic carbocycles. The third kappa shape index (κ3) is 3.14. The summed E-state index contributed by atoms with van der Waals surface area (Å²) in [6.07, 6.45) is 4.04. The van der Waals surface area contributed by atoms with E-state index in [2.05, 4.69) is 6.58 Å². The second kappa shape index (κ2) is 6.85. The SMILES string of the molecule is C=c1ccc(N)c/c1=C(/C=C\C)c1ccc(OC)c(OC)c1. The minimum atomic E-state index is 0.691. The Morgan fingerprint density at radius 2 is 1.77 bits per heavy atom. The Hall–Kier alpha value is -2.68. The van der Waals surface area contributed by atoms with Crippen molar-refractivity contribution < 1.29 is 9.47 Å². The molecule has 0 unspecified atom stereocenters. The maximum absolute atomic E-state index is 5.93. The van der Waals surface area contributed by atoms with E-state index in [1.54, 1.807) is 14.2 Å². The molecule has 0 aliphatic rings. The monoisotopic (exact) mass is 295 g/mol. The molecule has 0 spiro atoms. The number of hydrogen-bond donors (Lipinski definition) is 1. The number of nitrogen functional groups attached to an aromatic ring is 1. The van der Waals surface area contributed by atoms with Gasteiger partial charge in [0, 0.05) is 5.69 Å². The van der Waals surface area contributed by atoms with Gasteiger partial charge in [-0.05, 0) is 52.8 Å². The molecule has 0 saturated heterocycles. The van der Waals surface area contributed by atoms with Crippen LogP contribution in [0.2, 0.25) is 0 Å². The highest BCUT2D eigenvalue weighted by atomic mass is 16.5. The van der Waals surface area contributed by atoms with Crippen LogP contribution < -0.4 is 25.6 Å². The molecular formula is C19H21NO2. The number of ether oxygens (including phenoxy) is 2. The van der Waals surface area contributed by atoms with Crippen LogP contribution in [0.25, 0.3) is 12.2 Å². The van der Waals surface area contributed by atoms with E-state index in [1.807, 2.05) is 55.5 Å². The fourth-order valence-corrected chi connectivity index (χ4v) is 2.36. The second-order valence-electron chi connectivity index (χ2n) is 4.90. The van der Waals surface area contributed by atoms with Crippen molar-refractivity contribution in [3.63, 3.8) is 0 Å². The molecule has 2 rings (SSSR count). The number of methoxy groups -OCH3 is 2. The van der Waals surface area contributed by atoms with E-state index in [9.17, 15) is 0 Å². The Morgan fingerprint density at radius 1 is 1.05 bits per heavy atom. The lowest BCUT2D eigenvalue weighted by Crippen LogP contribution is -2.26. The lowest BCUT2D eigenvalue weighted by atomic mass is 10.0. The fourth-order valence-electron chi connectivity index (χ4n) is 2.36. The number of allylic oxidation sites excluding steroid dienone is 2. The Bertz CT molecular complexity index is 807. The quantitative estimate of drug-likeness (QED) is 0.881. The van der Waals surface area contributed by atoms with Gasteiger partial charge in [0.1, 0.15) is 0 Å². The van der Waals surface area contributed by atoms with Crippen molar-refractivity contribution in [2.75, 3.05) is 20.0 Å². The molecule has 2 N–H and O–H groups in total. The molecule has 0 atom stereocenters. The first-order valence-electron chi connectivity index (χ1n) is 7.04. The Morgan fingerprint density at radius 3 is 2.41 bits per heavy atom. The lowest BCUT2D eigenvalue weighted by molar-refractivity contribution is 0.355. The summed E-state index contributed by atoms with van der Waals surface area (Å²) in [5.74, 6) is 1.39. The molecule has 0 radical (unpaired) electrons. The van der Waals surface area contributed by atoms with Gasteiger partial charge in [-0.2, -0.15) is 0 Å². The number of nitrogens with two attached hydrogens (primary N) is 1. The summed E-state index contributed by atoms with van der Waals surface area (Å²) in [4.78, 5) is 0. The normalized spacial score (nSPS) is 12.3. The van der Waals surface area contributed by atoms with E-state index < -0.39 is 0 Å². The fraction of sp³-hybridized carbons (Fsp3) is 0.158. The number of anilines is 1. The summed E-state index contributed by atoms with van der Waals surface area (Å²) < 4.78 is 10.7. The van der Waals surface area contributed by atoms with Gasteiger partial charge in [-0.3, -0.25) is 0 Å². The smallest absolute Gasteiger partial charge is 0.161 e. The van der Waals surface area contributed by atoms with Crippen molar-refractivity contribution in [3.05, 3.63) is 64.6 Å². The minimum Gasteiger partial charge on any atom is -0.493 e. The standard InChI is InChI=1S/C19H21NO2/c1-5-6-16(17-12-15(20)9-7-13(17)2)14-8-10-18(21-3)19(11-14)22-4/h5-12H,2,20H2,1,3-4H3/b6-5-,17-16+. The van der Waals surface area contributed by atoms with E-state index in [4.69, 9.17) is 15.2 Å². The molecule has 0 aromatic heterocycles. The molecule has 2 aromatic rings. The van der Waals surface area contributed by atoms with Crippen LogP contribution in [0.1, 0.15) is 12.5 Å². The van der Waals surface area contributed by atoms with Gasteiger partial charge in [0.15, 0.2) is 11.5 Å². The van der Waals surface area contributed by atoms with Crippen molar-refractivity contribution in [1.29, 1.82) is 0 Å². The Labute approximate surface area is 131 Å². The topological polar surface area (TPSA) is 44.5 Å². The van der Waals surface area contributed by atoms with Gasteiger partial charge in [0.05, 0.1) is 14.2 Å². The molecular weight excluding hydrogens is 274 g/mol. The summed E-state index contributed by atoms with van der Waals surface area (Å²) in [5, 5.41) is 1.93. The summed E-state index contributed by atoms with van der Waals surface area (Å²) in [6.45, 7) is 6.08. The maximum atomic E-state index is 5.93. The van der Waals surface area contributed by atoms with Crippen LogP contribution in [0.4, 0.5) is 5.69 Å². The van der Waals surface area contributed by atoms with E-state index in [1.165, 1.54) is 0 Å². The molecule has 0 bridgehead atoms. The highest BCUT2D eigenvalue weighted by Gasteiger charge is 2.07. The third-order valence-corrected chi connectivity index (χ3v) is 3.45. The molecule has 0 saturated carbocycles. The summed E-state index contributed by atoms with van der Waals surface area (Å²) in [6, 6.07) is 11.6. The maximum Gasteiger partial charge on any atom is 0.161 e. The summed E-state index contributed by atoms with van der Waals surface area (Å²) in [5.41, 5.74) is 8.71. The van der Waals surface area contributed by atoms with Gasteiger partial charge in [0.2, 0.25) is 0 Å². The Balaban J connectivity index is 2.79. The van der Waals surface area contributed by atoms with Crippen LogP contribution >= 0.6 is 0 Å². The van der Waals surface area contributed by atoms with Crippen LogP contribution in [0.5, 0.6) is 11.5 Å². The van der Waals surface area contributed by atoms with E-state index in [0.717, 1.165) is 21.6 Å². The minimum absolute atomic E-state index is 0.691. The molecule has 22 heavy (non-hydrogen) atoms. The summed E-state index contributed by atoms with van der Waals surface area (Å²) in [7, 11) is 3.25. The van der Waals surface area contributed by atoms with Gasteiger partial charge >= 0.3 is 0 Å². The van der Waals surface area contributed by atoms with Crippen LogP contribution in [-0.2, 0) is 0 Å². The molecule has 0 aliphatic heterocycles. The van der Waals surface area contributed by atoms with Crippen LogP contribution in [0.3, 0.4) is 0 Å². The van der Waals surface area contributed by atoms with E-state index in [0.29, 0.717) is 17.2 Å². The average Bonchev–Trinajstić information content (AvgIpc) is 2.54. The molecule has 114 valence electrons. The zero-order chi connectivity index (χ0) is 16.1. The van der Waals surface area contributed by atoms with E-state index in [-0.39, 0.29) is 0 Å². The first kappa shape index (κ1) is 15.7. The molecule has 0 fully saturated rings. The van der Waals surface area contributed by atoms with Gasteiger partial charge in [-0.15, -0.1) is 0 Å². The summed E-state index contributed by atoms with van der Waals surface area (Å²) >= 11 is 0. The van der Waals surface area contributed by atoms with Gasteiger partial charge < -0.3 is 15.2 Å². The van der Waals surface area contributed by atoms with Crippen molar-refractivity contribution >= 4 is 17.8 Å². The van der Waals surface area contributed by atoms with Gasteiger partial charge in [-0.1, -0.05) is 30.9 Å². The van der Waals surface area contributed by atoms with Crippen LogP contribution in [-0.4, -0.2) is 14.2 Å².